The number of allylic oxidation sites excluding steroid dienone is 2. The van der Waals surface area contributed by atoms with Gasteiger partial charge in [-0.1, -0.05) is 24.3 Å². The highest BCUT2D eigenvalue weighted by atomic mass is 16.4. The van der Waals surface area contributed by atoms with Crippen molar-refractivity contribution in [3.05, 3.63) is 24.3 Å². The first-order chi connectivity index (χ1) is 6.57. The highest BCUT2D eigenvalue weighted by Gasteiger charge is 2.28. The van der Waals surface area contributed by atoms with Crippen LogP contribution in [-0.4, -0.2) is 29.7 Å². The molecule has 0 fully saturated rings. The zero-order valence-electron chi connectivity index (χ0n) is 8.23. The molecule has 0 amide bonds. The van der Waals surface area contributed by atoms with Crippen molar-refractivity contribution in [3.8, 4) is 0 Å². The maximum Gasteiger partial charge on any atom is 0.320 e. The van der Waals surface area contributed by atoms with Gasteiger partial charge in [-0.3, -0.25) is 4.79 Å². The van der Waals surface area contributed by atoms with E-state index in [4.69, 9.17) is 10.8 Å². The lowest BCUT2D eigenvalue weighted by Crippen LogP contribution is -2.47. The lowest BCUT2D eigenvalue weighted by Gasteiger charge is -2.29. The van der Waals surface area contributed by atoms with Gasteiger partial charge in [0, 0.05) is 5.54 Å². The standard InChI is InChI=1S/C10H16N2O2/c1-12-8(9(13)14)7-10(11)5-3-2-4-6-10/h2-5,8,12H,6-7,11H2,1H3,(H,13,14)/t8-,10?/m0/s1. The Kier molecular flexibility index (Phi) is 3.43. The molecule has 1 unspecified atom stereocenters. The van der Waals surface area contributed by atoms with E-state index in [1.54, 1.807) is 7.05 Å². The summed E-state index contributed by atoms with van der Waals surface area (Å²) < 4.78 is 0. The highest BCUT2D eigenvalue weighted by molar-refractivity contribution is 5.73. The van der Waals surface area contributed by atoms with Crippen molar-refractivity contribution in [1.82, 2.24) is 5.32 Å². The molecule has 1 rings (SSSR count). The van der Waals surface area contributed by atoms with Crippen LogP contribution in [0.2, 0.25) is 0 Å². The third-order valence-electron chi connectivity index (χ3n) is 2.40. The topological polar surface area (TPSA) is 75.3 Å². The molecule has 0 radical (unpaired) electrons. The summed E-state index contributed by atoms with van der Waals surface area (Å²) in [6.07, 6.45) is 8.68. The largest absolute Gasteiger partial charge is 0.480 e. The summed E-state index contributed by atoms with van der Waals surface area (Å²) in [6, 6.07) is -0.587. The van der Waals surface area contributed by atoms with Gasteiger partial charge in [0.05, 0.1) is 0 Å². The first-order valence-corrected chi connectivity index (χ1v) is 4.61. The Morgan fingerprint density at radius 1 is 1.71 bits per heavy atom. The molecule has 4 nitrogen and oxygen atoms in total. The van der Waals surface area contributed by atoms with Crippen molar-refractivity contribution in [2.45, 2.75) is 24.4 Å². The Labute approximate surface area is 83.5 Å². The fourth-order valence-electron chi connectivity index (χ4n) is 1.53. The van der Waals surface area contributed by atoms with Crippen LogP contribution in [0.15, 0.2) is 24.3 Å². The van der Waals surface area contributed by atoms with Crippen LogP contribution in [0, 0.1) is 0 Å². The third kappa shape index (κ3) is 2.68. The highest BCUT2D eigenvalue weighted by Crippen LogP contribution is 2.20. The summed E-state index contributed by atoms with van der Waals surface area (Å²) in [5.74, 6) is -0.861. The number of aliphatic carboxylic acids is 1. The molecule has 4 N–H and O–H groups in total. The van der Waals surface area contributed by atoms with Crippen LogP contribution in [0.3, 0.4) is 0 Å². The van der Waals surface area contributed by atoms with Crippen molar-refractivity contribution in [1.29, 1.82) is 0 Å². The van der Waals surface area contributed by atoms with Gasteiger partial charge in [0.2, 0.25) is 0 Å². The Morgan fingerprint density at radius 3 is 2.86 bits per heavy atom. The molecule has 78 valence electrons. The SMILES string of the molecule is CN[C@@H](CC1(N)C=CC=CC1)C(=O)O. The molecule has 0 aromatic carbocycles. The Balaban J connectivity index is 2.61. The van der Waals surface area contributed by atoms with Crippen molar-refractivity contribution in [3.63, 3.8) is 0 Å². The Bertz CT molecular complexity index is 273. The first-order valence-electron chi connectivity index (χ1n) is 4.61. The molecule has 0 bridgehead atoms. The van der Waals surface area contributed by atoms with Crippen LogP contribution in [0.4, 0.5) is 0 Å². The minimum absolute atomic E-state index is 0.402. The number of nitrogens with one attached hydrogen (secondary N) is 1. The maximum atomic E-state index is 10.8. The van der Waals surface area contributed by atoms with Gasteiger partial charge in [-0.15, -0.1) is 0 Å². The molecule has 0 aromatic heterocycles. The van der Waals surface area contributed by atoms with E-state index in [0.717, 1.165) is 0 Å². The van der Waals surface area contributed by atoms with Crippen LogP contribution >= 0.6 is 0 Å². The molecule has 4 heteroatoms. The summed E-state index contributed by atoms with van der Waals surface area (Å²) in [5, 5.41) is 11.6. The molecule has 14 heavy (non-hydrogen) atoms. The minimum atomic E-state index is -0.861. The fraction of sp³-hybridized carbons (Fsp3) is 0.500. The summed E-state index contributed by atoms with van der Waals surface area (Å²) in [6.45, 7) is 0. The van der Waals surface area contributed by atoms with E-state index in [2.05, 4.69) is 5.32 Å². The van der Waals surface area contributed by atoms with E-state index < -0.39 is 17.6 Å². The van der Waals surface area contributed by atoms with Crippen molar-refractivity contribution >= 4 is 5.97 Å². The monoisotopic (exact) mass is 196 g/mol. The van der Waals surface area contributed by atoms with Gasteiger partial charge in [0.1, 0.15) is 6.04 Å². The third-order valence-corrected chi connectivity index (χ3v) is 2.40. The number of carboxylic acid groups (broad SMARTS) is 1. The van der Waals surface area contributed by atoms with Crippen molar-refractivity contribution in [2.24, 2.45) is 5.73 Å². The van der Waals surface area contributed by atoms with Gasteiger partial charge in [-0.2, -0.15) is 0 Å². The number of likely N-dealkylation sites (N-methyl/N-ethyl adjacent to an activating group) is 1. The molecule has 1 aliphatic carbocycles. The molecule has 0 aromatic rings. The lowest BCUT2D eigenvalue weighted by molar-refractivity contribution is -0.139. The first kappa shape index (κ1) is 10.9. The van der Waals surface area contributed by atoms with E-state index in [0.29, 0.717) is 12.8 Å². The van der Waals surface area contributed by atoms with E-state index in [9.17, 15) is 4.79 Å². The second-order valence-corrected chi connectivity index (χ2v) is 3.61. The van der Waals surface area contributed by atoms with E-state index >= 15 is 0 Å². The van der Waals surface area contributed by atoms with E-state index in [1.807, 2.05) is 24.3 Å². The number of rotatable bonds is 4. The second-order valence-electron chi connectivity index (χ2n) is 3.61. The van der Waals surface area contributed by atoms with Gasteiger partial charge < -0.3 is 16.2 Å². The second kappa shape index (κ2) is 4.39. The zero-order valence-corrected chi connectivity index (χ0v) is 8.23. The predicted octanol–water partition coefficient (Wildman–Crippen LogP) is 0.263. The van der Waals surface area contributed by atoms with Crippen LogP contribution < -0.4 is 11.1 Å². The zero-order chi connectivity index (χ0) is 10.6. The number of hydrogen-bond donors (Lipinski definition) is 3. The molecule has 0 heterocycles. The summed E-state index contributed by atoms with van der Waals surface area (Å²) in [5.41, 5.74) is 5.50. The molecule has 0 saturated carbocycles. The lowest BCUT2D eigenvalue weighted by atomic mass is 9.86. The van der Waals surface area contributed by atoms with Gasteiger partial charge >= 0.3 is 5.97 Å². The Hall–Kier alpha value is -1.13. The molecular weight excluding hydrogens is 180 g/mol. The smallest absolute Gasteiger partial charge is 0.320 e. The van der Waals surface area contributed by atoms with Gasteiger partial charge in [0.15, 0.2) is 0 Å². The number of nitrogens with two attached hydrogens (primary N) is 1. The molecule has 0 saturated heterocycles. The average Bonchev–Trinajstić information content (AvgIpc) is 2.15. The normalized spacial score (nSPS) is 27.6. The van der Waals surface area contributed by atoms with E-state index in [1.165, 1.54) is 0 Å². The average molecular weight is 196 g/mol. The van der Waals surface area contributed by atoms with Gasteiger partial charge in [0.25, 0.3) is 0 Å². The number of carbonyl (C=O) groups is 1. The number of hydrogen-bond acceptors (Lipinski definition) is 3. The maximum absolute atomic E-state index is 10.8. The van der Waals surface area contributed by atoms with Crippen LogP contribution in [-0.2, 0) is 4.79 Å². The van der Waals surface area contributed by atoms with Gasteiger partial charge in [-0.25, -0.2) is 0 Å². The molecule has 0 spiro atoms. The quantitative estimate of drug-likeness (QED) is 0.603. The molecular formula is C10H16N2O2. The van der Waals surface area contributed by atoms with Crippen molar-refractivity contribution in [2.75, 3.05) is 7.05 Å². The fourth-order valence-corrected chi connectivity index (χ4v) is 1.53. The summed E-state index contributed by atoms with van der Waals surface area (Å²) >= 11 is 0. The minimum Gasteiger partial charge on any atom is -0.480 e. The summed E-state index contributed by atoms with van der Waals surface area (Å²) in [4.78, 5) is 10.8. The molecule has 0 aliphatic heterocycles. The molecule has 2 atom stereocenters. The Morgan fingerprint density at radius 2 is 2.43 bits per heavy atom. The summed E-state index contributed by atoms with van der Waals surface area (Å²) in [7, 11) is 1.63. The van der Waals surface area contributed by atoms with Crippen LogP contribution in [0.25, 0.3) is 0 Å². The van der Waals surface area contributed by atoms with E-state index in [-0.39, 0.29) is 0 Å². The van der Waals surface area contributed by atoms with Gasteiger partial charge in [-0.05, 0) is 19.9 Å². The predicted molar refractivity (Wildman–Crippen MR) is 54.9 cm³/mol. The van der Waals surface area contributed by atoms with Crippen LogP contribution in [0.5, 0.6) is 0 Å². The number of carboxylic acids is 1. The van der Waals surface area contributed by atoms with Crippen molar-refractivity contribution < 1.29 is 9.90 Å². The molecule has 1 aliphatic rings. The van der Waals surface area contributed by atoms with Crippen LogP contribution in [0.1, 0.15) is 12.8 Å².